The predicted molar refractivity (Wildman–Crippen MR) is 70.5 cm³/mol. The Morgan fingerprint density at radius 3 is 3.00 bits per heavy atom. The lowest BCUT2D eigenvalue weighted by molar-refractivity contribution is 0.0950. The second-order valence-corrected chi connectivity index (χ2v) is 4.00. The zero-order valence-electron chi connectivity index (χ0n) is 10.8. The number of hydrogen-bond acceptors (Lipinski definition) is 5. The van der Waals surface area contributed by atoms with E-state index in [0.29, 0.717) is 11.4 Å². The van der Waals surface area contributed by atoms with E-state index in [1.54, 1.807) is 18.2 Å². The van der Waals surface area contributed by atoms with Crippen LogP contribution < -0.4 is 5.32 Å². The first-order valence-corrected chi connectivity index (χ1v) is 5.91. The average Bonchev–Trinajstić information content (AvgIpc) is 2.96. The van der Waals surface area contributed by atoms with Gasteiger partial charge >= 0.3 is 0 Å². The Labute approximate surface area is 115 Å². The lowest BCUT2D eigenvalue weighted by Crippen LogP contribution is -2.23. The molecule has 0 radical (unpaired) electrons. The summed E-state index contributed by atoms with van der Waals surface area (Å²) in [6.07, 6.45) is 0. The molecule has 2 rings (SSSR count). The van der Waals surface area contributed by atoms with E-state index in [2.05, 4.69) is 37.8 Å². The van der Waals surface area contributed by atoms with Crippen molar-refractivity contribution in [1.82, 2.24) is 25.9 Å². The standard InChI is InChI=1S/C13H13N5O2/c1-9-7-11(5-4-10(9)3-2-6-19)13(20)14-8-12-15-17-18-16-12/h4-5,7,19H,6,8H2,1H3,(H,14,20)(H,15,16,17,18). The van der Waals surface area contributed by atoms with Gasteiger partial charge in [-0.05, 0) is 30.7 Å². The molecule has 0 saturated carbocycles. The summed E-state index contributed by atoms with van der Waals surface area (Å²) in [5, 5.41) is 24.6. The Morgan fingerprint density at radius 1 is 1.50 bits per heavy atom. The van der Waals surface area contributed by atoms with Crippen molar-refractivity contribution in [3.8, 4) is 11.8 Å². The number of nitrogens with zero attached hydrogens (tertiary/aromatic N) is 3. The van der Waals surface area contributed by atoms with Gasteiger partial charge in [0.15, 0.2) is 5.82 Å². The number of tetrazole rings is 1. The number of amides is 1. The van der Waals surface area contributed by atoms with Crippen LogP contribution in [-0.2, 0) is 6.54 Å². The Kier molecular flexibility index (Phi) is 4.42. The molecule has 102 valence electrons. The number of carbonyl (C=O) groups excluding carboxylic acids is 1. The topological polar surface area (TPSA) is 104 Å². The number of aliphatic hydroxyl groups excluding tert-OH is 1. The van der Waals surface area contributed by atoms with Crippen LogP contribution in [0.5, 0.6) is 0 Å². The smallest absolute Gasteiger partial charge is 0.251 e. The predicted octanol–water partition coefficient (Wildman–Crippen LogP) is -0.218. The third-order valence-electron chi connectivity index (χ3n) is 2.59. The van der Waals surface area contributed by atoms with Gasteiger partial charge < -0.3 is 10.4 Å². The van der Waals surface area contributed by atoms with E-state index >= 15 is 0 Å². The number of aryl methyl sites for hydroxylation is 1. The minimum Gasteiger partial charge on any atom is -0.384 e. The molecule has 1 aromatic carbocycles. The van der Waals surface area contributed by atoms with Gasteiger partial charge in [0.25, 0.3) is 5.91 Å². The number of nitrogens with one attached hydrogen (secondary N) is 2. The number of rotatable bonds is 3. The molecule has 2 aromatic rings. The van der Waals surface area contributed by atoms with Crippen molar-refractivity contribution in [2.75, 3.05) is 6.61 Å². The lowest BCUT2D eigenvalue weighted by atomic mass is 10.0. The van der Waals surface area contributed by atoms with Gasteiger partial charge in [-0.2, -0.15) is 5.21 Å². The Bertz CT molecular complexity index is 655. The van der Waals surface area contributed by atoms with Crippen LogP contribution in [0.4, 0.5) is 0 Å². The number of hydrogen-bond donors (Lipinski definition) is 3. The summed E-state index contributed by atoms with van der Waals surface area (Å²) in [6, 6.07) is 5.17. The highest BCUT2D eigenvalue weighted by Gasteiger charge is 2.08. The average molecular weight is 271 g/mol. The van der Waals surface area contributed by atoms with Crippen molar-refractivity contribution in [3.63, 3.8) is 0 Å². The van der Waals surface area contributed by atoms with Gasteiger partial charge in [0.05, 0.1) is 6.54 Å². The summed E-state index contributed by atoms with van der Waals surface area (Å²) in [6.45, 7) is 1.88. The maximum Gasteiger partial charge on any atom is 0.251 e. The molecule has 0 bridgehead atoms. The molecule has 0 atom stereocenters. The van der Waals surface area contributed by atoms with Crippen molar-refractivity contribution < 1.29 is 9.90 Å². The molecule has 0 unspecified atom stereocenters. The maximum absolute atomic E-state index is 11.9. The monoisotopic (exact) mass is 271 g/mol. The van der Waals surface area contributed by atoms with E-state index < -0.39 is 0 Å². The van der Waals surface area contributed by atoms with Crippen molar-refractivity contribution in [1.29, 1.82) is 0 Å². The second kappa shape index (κ2) is 6.45. The molecule has 20 heavy (non-hydrogen) atoms. The van der Waals surface area contributed by atoms with Crippen LogP contribution in [0.1, 0.15) is 27.3 Å². The van der Waals surface area contributed by atoms with E-state index in [4.69, 9.17) is 5.11 Å². The number of carbonyl (C=O) groups is 1. The van der Waals surface area contributed by atoms with E-state index in [9.17, 15) is 4.79 Å². The molecule has 1 amide bonds. The van der Waals surface area contributed by atoms with Gasteiger partial charge in [-0.1, -0.05) is 17.1 Å². The molecule has 3 N–H and O–H groups in total. The van der Waals surface area contributed by atoms with E-state index in [1.165, 1.54) is 0 Å². The summed E-state index contributed by atoms with van der Waals surface area (Å²) in [5.41, 5.74) is 2.19. The SMILES string of the molecule is Cc1cc(C(=O)NCc2nn[nH]n2)ccc1C#CCO. The number of benzene rings is 1. The van der Waals surface area contributed by atoms with Crippen molar-refractivity contribution in [2.45, 2.75) is 13.5 Å². The van der Waals surface area contributed by atoms with E-state index in [1.807, 2.05) is 6.92 Å². The van der Waals surface area contributed by atoms with Crippen LogP contribution in [0.3, 0.4) is 0 Å². The van der Waals surface area contributed by atoms with Crippen LogP contribution >= 0.6 is 0 Å². The molecular formula is C13H13N5O2. The highest BCUT2D eigenvalue weighted by molar-refractivity contribution is 5.94. The molecule has 0 aliphatic heterocycles. The molecule has 7 heteroatoms. The second-order valence-electron chi connectivity index (χ2n) is 4.00. The summed E-state index contributed by atoms with van der Waals surface area (Å²) >= 11 is 0. The zero-order valence-corrected chi connectivity index (χ0v) is 10.8. The number of H-pyrrole nitrogens is 1. The zero-order chi connectivity index (χ0) is 14.4. The fraction of sp³-hybridized carbons (Fsp3) is 0.231. The molecule has 7 nitrogen and oxygen atoms in total. The highest BCUT2D eigenvalue weighted by Crippen LogP contribution is 2.10. The normalized spacial score (nSPS) is 9.70. The summed E-state index contributed by atoms with van der Waals surface area (Å²) < 4.78 is 0. The van der Waals surface area contributed by atoms with Gasteiger partial charge in [-0.3, -0.25) is 4.79 Å². The fourth-order valence-electron chi connectivity index (χ4n) is 1.60. The first-order valence-electron chi connectivity index (χ1n) is 5.91. The van der Waals surface area contributed by atoms with Crippen molar-refractivity contribution in [2.24, 2.45) is 0 Å². The Hall–Kier alpha value is -2.72. The molecule has 0 saturated heterocycles. The summed E-state index contributed by atoms with van der Waals surface area (Å²) in [4.78, 5) is 11.9. The van der Waals surface area contributed by atoms with Gasteiger partial charge in [-0.15, -0.1) is 10.2 Å². The summed E-state index contributed by atoms with van der Waals surface area (Å²) in [7, 11) is 0. The fourth-order valence-corrected chi connectivity index (χ4v) is 1.60. The molecule has 0 fully saturated rings. The maximum atomic E-state index is 11.9. The molecular weight excluding hydrogens is 258 g/mol. The molecule has 0 aliphatic carbocycles. The van der Waals surface area contributed by atoms with Crippen LogP contribution in [0.2, 0.25) is 0 Å². The summed E-state index contributed by atoms with van der Waals surface area (Å²) in [5.74, 6) is 5.59. The number of aliphatic hydroxyl groups is 1. The van der Waals surface area contributed by atoms with Crippen LogP contribution in [-0.4, -0.2) is 38.2 Å². The quantitative estimate of drug-likeness (QED) is 0.670. The van der Waals surface area contributed by atoms with E-state index in [-0.39, 0.29) is 19.1 Å². The first kappa shape index (κ1) is 13.7. The van der Waals surface area contributed by atoms with Crippen LogP contribution in [0, 0.1) is 18.8 Å². The Morgan fingerprint density at radius 2 is 2.35 bits per heavy atom. The molecule has 1 aromatic heterocycles. The lowest BCUT2D eigenvalue weighted by Gasteiger charge is -2.05. The van der Waals surface area contributed by atoms with Crippen LogP contribution in [0.15, 0.2) is 18.2 Å². The first-order chi connectivity index (χ1) is 9.70. The van der Waals surface area contributed by atoms with Crippen LogP contribution in [0.25, 0.3) is 0 Å². The van der Waals surface area contributed by atoms with Gasteiger partial charge in [0, 0.05) is 11.1 Å². The largest absolute Gasteiger partial charge is 0.384 e. The number of aromatic amines is 1. The molecule has 0 spiro atoms. The minimum absolute atomic E-state index is 0.188. The Balaban J connectivity index is 2.05. The number of aromatic nitrogens is 4. The highest BCUT2D eigenvalue weighted by atomic mass is 16.2. The van der Waals surface area contributed by atoms with Gasteiger partial charge in [-0.25, -0.2) is 0 Å². The van der Waals surface area contributed by atoms with Crippen molar-refractivity contribution in [3.05, 3.63) is 40.7 Å². The van der Waals surface area contributed by atoms with Gasteiger partial charge in [0.1, 0.15) is 6.61 Å². The third-order valence-corrected chi connectivity index (χ3v) is 2.59. The molecule has 1 heterocycles. The minimum atomic E-state index is -0.223. The molecule has 0 aliphatic rings. The van der Waals surface area contributed by atoms with E-state index in [0.717, 1.165) is 11.1 Å². The van der Waals surface area contributed by atoms with Gasteiger partial charge in [0.2, 0.25) is 0 Å². The third kappa shape index (κ3) is 3.40. The van der Waals surface area contributed by atoms with Crippen molar-refractivity contribution >= 4 is 5.91 Å².